The second kappa shape index (κ2) is 7.53. The van der Waals surface area contributed by atoms with Gasteiger partial charge in [0.15, 0.2) is 0 Å². The number of rotatable bonds is 6. The fraction of sp³-hybridized carbons (Fsp3) is 0.933. The van der Waals surface area contributed by atoms with Crippen LogP contribution in [0.25, 0.3) is 0 Å². The van der Waals surface area contributed by atoms with Crippen LogP contribution in [0.4, 0.5) is 0 Å². The minimum absolute atomic E-state index is 0.0536. The zero-order valence-electron chi connectivity index (χ0n) is 12.6. The van der Waals surface area contributed by atoms with E-state index in [0.29, 0.717) is 6.42 Å². The molecule has 4 heteroatoms. The molecule has 0 unspecified atom stereocenters. The molecule has 1 N–H and O–H groups in total. The Labute approximate surface area is 123 Å². The molecular weight excluding hydrogens is 258 g/mol. The van der Waals surface area contributed by atoms with Gasteiger partial charge in [0.1, 0.15) is 5.60 Å². The van der Waals surface area contributed by atoms with Crippen molar-refractivity contribution in [3.8, 4) is 0 Å². The highest BCUT2D eigenvalue weighted by molar-refractivity contribution is 7.80. The van der Waals surface area contributed by atoms with Gasteiger partial charge in [-0.3, -0.25) is 4.79 Å². The average Bonchev–Trinajstić information content (AvgIpc) is 2.27. The Kier molecular flexibility index (Phi) is 6.67. The first-order valence-electron chi connectivity index (χ1n) is 7.40. The molecule has 0 spiro atoms. The number of carbonyl (C=O) groups excluding carboxylic acids is 1. The lowest BCUT2D eigenvalue weighted by Crippen LogP contribution is -2.40. The van der Waals surface area contributed by atoms with E-state index in [1.807, 2.05) is 20.8 Å². The van der Waals surface area contributed by atoms with Crippen LogP contribution in [0.3, 0.4) is 0 Å². The first-order chi connectivity index (χ1) is 8.87. The summed E-state index contributed by atoms with van der Waals surface area (Å²) in [6.45, 7) is 7.60. The molecule has 1 aliphatic rings. The van der Waals surface area contributed by atoms with Gasteiger partial charge in [-0.25, -0.2) is 0 Å². The van der Waals surface area contributed by atoms with Crippen LogP contribution in [-0.2, 0) is 9.53 Å². The largest absolute Gasteiger partial charge is 0.460 e. The van der Waals surface area contributed by atoms with Crippen LogP contribution in [0.15, 0.2) is 0 Å². The topological polar surface area (TPSA) is 38.3 Å². The first-order valence-corrected chi connectivity index (χ1v) is 8.04. The molecule has 1 fully saturated rings. The monoisotopic (exact) mass is 287 g/mol. The second-order valence-corrected chi connectivity index (χ2v) is 7.17. The van der Waals surface area contributed by atoms with Gasteiger partial charge in [-0.15, -0.1) is 0 Å². The quantitative estimate of drug-likeness (QED) is 0.448. The van der Waals surface area contributed by atoms with Crippen molar-refractivity contribution in [3.63, 3.8) is 0 Å². The van der Waals surface area contributed by atoms with E-state index in [2.05, 4.69) is 17.9 Å². The molecule has 19 heavy (non-hydrogen) atoms. The maximum atomic E-state index is 12.1. The van der Waals surface area contributed by atoms with Gasteiger partial charge >= 0.3 is 5.97 Å². The summed E-state index contributed by atoms with van der Waals surface area (Å²) in [5.41, 5.74) is -0.283. The standard InChI is InChI=1S/C15H29NO2S/c1-14(2,3)18-13(17)11-15(12-16-9-10-19)7-5-4-6-8-15/h16,19H,4-12H2,1-3H3. The minimum Gasteiger partial charge on any atom is -0.460 e. The normalized spacial score (nSPS) is 19.2. The SMILES string of the molecule is CC(C)(C)OC(=O)CC1(CNCCS)CCCCC1. The van der Waals surface area contributed by atoms with Crippen molar-refractivity contribution in [1.29, 1.82) is 0 Å². The van der Waals surface area contributed by atoms with Crippen LogP contribution in [-0.4, -0.2) is 30.4 Å². The predicted molar refractivity (Wildman–Crippen MR) is 82.7 cm³/mol. The third-order valence-corrected chi connectivity index (χ3v) is 3.87. The number of nitrogens with one attached hydrogen (secondary N) is 1. The van der Waals surface area contributed by atoms with Crippen molar-refractivity contribution >= 4 is 18.6 Å². The molecule has 1 rings (SSSR count). The third-order valence-electron chi connectivity index (χ3n) is 3.64. The van der Waals surface area contributed by atoms with Gasteiger partial charge < -0.3 is 10.1 Å². The van der Waals surface area contributed by atoms with Crippen molar-refractivity contribution in [2.75, 3.05) is 18.8 Å². The molecule has 0 amide bonds. The van der Waals surface area contributed by atoms with Crippen LogP contribution >= 0.6 is 12.6 Å². The molecule has 0 radical (unpaired) electrons. The number of hydrogen-bond donors (Lipinski definition) is 2. The summed E-state index contributed by atoms with van der Waals surface area (Å²) in [6.07, 6.45) is 6.56. The van der Waals surface area contributed by atoms with Crippen LogP contribution < -0.4 is 5.32 Å². The molecule has 0 aromatic heterocycles. The lowest BCUT2D eigenvalue weighted by Gasteiger charge is -2.37. The molecule has 0 heterocycles. The van der Waals surface area contributed by atoms with Crippen molar-refractivity contribution in [1.82, 2.24) is 5.32 Å². The smallest absolute Gasteiger partial charge is 0.306 e. The van der Waals surface area contributed by atoms with Crippen LogP contribution in [0.5, 0.6) is 0 Å². The Bertz CT molecular complexity index is 280. The zero-order chi connectivity index (χ0) is 14.4. The maximum absolute atomic E-state index is 12.1. The van der Waals surface area contributed by atoms with E-state index in [-0.39, 0.29) is 17.0 Å². The average molecular weight is 287 g/mol. The fourth-order valence-corrected chi connectivity index (χ4v) is 2.99. The molecule has 1 aliphatic carbocycles. The van der Waals surface area contributed by atoms with Crippen molar-refractivity contribution in [2.45, 2.75) is 64.9 Å². The number of esters is 1. The summed E-state index contributed by atoms with van der Waals surface area (Å²) < 4.78 is 5.49. The van der Waals surface area contributed by atoms with E-state index in [9.17, 15) is 4.79 Å². The number of ether oxygens (including phenoxy) is 1. The van der Waals surface area contributed by atoms with Gasteiger partial charge in [0, 0.05) is 18.8 Å². The predicted octanol–water partition coefficient (Wildman–Crippen LogP) is 3.19. The van der Waals surface area contributed by atoms with E-state index in [0.717, 1.165) is 31.7 Å². The summed E-state index contributed by atoms with van der Waals surface area (Å²) >= 11 is 4.22. The molecule has 0 bridgehead atoms. The highest BCUT2D eigenvalue weighted by atomic mass is 32.1. The molecule has 3 nitrogen and oxygen atoms in total. The van der Waals surface area contributed by atoms with Crippen molar-refractivity contribution < 1.29 is 9.53 Å². The van der Waals surface area contributed by atoms with Crippen LogP contribution in [0.1, 0.15) is 59.3 Å². The van der Waals surface area contributed by atoms with Gasteiger partial charge in [0.2, 0.25) is 0 Å². The van der Waals surface area contributed by atoms with Crippen molar-refractivity contribution in [3.05, 3.63) is 0 Å². The van der Waals surface area contributed by atoms with Gasteiger partial charge in [-0.1, -0.05) is 19.3 Å². The molecule has 0 saturated heterocycles. The molecule has 1 saturated carbocycles. The van der Waals surface area contributed by atoms with E-state index in [1.54, 1.807) is 0 Å². The first kappa shape index (κ1) is 16.8. The highest BCUT2D eigenvalue weighted by Crippen LogP contribution is 2.39. The zero-order valence-corrected chi connectivity index (χ0v) is 13.5. The van der Waals surface area contributed by atoms with E-state index < -0.39 is 0 Å². The summed E-state index contributed by atoms with van der Waals surface area (Å²) in [5.74, 6) is 0.782. The molecule has 0 aromatic carbocycles. The molecule has 112 valence electrons. The molecular formula is C15H29NO2S. The van der Waals surface area contributed by atoms with Gasteiger partial charge in [0.25, 0.3) is 0 Å². The van der Waals surface area contributed by atoms with Crippen molar-refractivity contribution in [2.24, 2.45) is 5.41 Å². The molecule has 0 aromatic rings. The fourth-order valence-electron chi connectivity index (χ4n) is 2.83. The third kappa shape index (κ3) is 6.66. The summed E-state index contributed by atoms with van der Waals surface area (Å²) in [5, 5.41) is 3.43. The second-order valence-electron chi connectivity index (χ2n) is 6.72. The van der Waals surface area contributed by atoms with Crippen LogP contribution in [0, 0.1) is 5.41 Å². The Balaban J connectivity index is 2.55. The summed E-state index contributed by atoms with van der Waals surface area (Å²) in [4.78, 5) is 12.1. The molecule has 0 atom stereocenters. The van der Waals surface area contributed by atoms with E-state index in [1.165, 1.54) is 19.3 Å². The summed E-state index contributed by atoms with van der Waals surface area (Å²) in [6, 6.07) is 0. The lowest BCUT2D eigenvalue weighted by molar-refractivity contribution is -0.158. The van der Waals surface area contributed by atoms with Gasteiger partial charge in [-0.05, 0) is 39.0 Å². The lowest BCUT2D eigenvalue weighted by atomic mass is 9.71. The minimum atomic E-state index is -0.383. The number of thiol groups is 1. The Morgan fingerprint density at radius 3 is 2.42 bits per heavy atom. The number of carbonyl (C=O) groups is 1. The molecule has 0 aliphatic heterocycles. The Morgan fingerprint density at radius 2 is 1.89 bits per heavy atom. The van der Waals surface area contributed by atoms with E-state index in [4.69, 9.17) is 4.74 Å². The Hall–Kier alpha value is -0.220. The van der Waals surface area contributed by atoms with Gasteiger partial charge in [0.05, 0.1) is 6.42 Å². The number of hydrogen-bond acceptors (Lipinski definition) is 4. The van der Waals surface area contributed by atoms with Gasteiger partial charge in [-0.2, -0.15) is 12.6 Å². The summed E-state index contributed by atoms with van der Waals surface area (Å²) in [7, 11) is 0. The Morgan fingerprint density at radius 1 is 1.26 bits per heavy atom. The van der Waals surface area contributed by atoms with Crippen LogP contribution in [0.2, 0.25) is 0 Å². The highest BCUT2D eigenvalue weighted by Gasteiger charge is 2.35. The maximum Gasteiger partial charge on any atom is 0.306 e. The van der Waals surface area contributed by atoms with E-state index >= 15 is 0 Å².